The van der Waals surface area contributed by atoms with Gasteiger partial charge < -0.3 is 0 Å². The molecule has 0 saturated heterocycles. The van der Waals surface area contributed by atoms with Crippen LogP contribution in [0.4, 0.5) is 0 Å². The zero-order valence-corrected chi connectivity index (χ0v) is 19.7. The van der Waals surface area contributed by atoms with Crippen LogP contribution in [0, 0.1) is 0 Å². The van der Waals surface area contributed by atoms with Crippen LogP contribution in [0.2, 0.25) is 0 Å². The smallest absolute Gasteiger partial charge is 0.0307 e. The lowest BCUT2D eigenvalue weighted by molar-refractivity contribution is 1.14. The van der Waals surface area contributed by atoms with Crippen molar-refractivity contribution < 1.29 is 0 Å². The van der Waals surface area contributed by atoms with E-state index in [1.165, 1.54) is 11.1 Å². The second-order valence-electron chi connectivity index (χ2n) is 4.83. The summed E-state index contributed by atoms with van der Waals surface area (Å²) in [6.45, 7) is 16.3. The zero-order valence-electron chi connectivity index (χ0n) is 19.7. The summed E-state index contributed by atoms with van der Waals surface area (Å²) in [5.74, 6) is 0. The summed E-state index contributed by atoms with van der Waals surface area (Å²) in [6, 6.07) is 32.9. The summed E-state index contributed by atoms with van der Waals surface area (Å²) in [4.78, 5) is 0. The molecule has 3 aromatic rings. The lowest BCUT2D eigenvalue weighted by Crippen LogP contribution is -1.73. The van der Waals surface area contributed by atoms with Crippen molar-refractivity contribution in [1.82, 2.24) is 0 Å². The Kier molecular flexibility index (Phi) is 31.9. The molecule has 0 aliphatic heterocycles. The first-order valence-electron chi connectivity index (χ1n) is 10.9. The van der Waals surface area contributed by atoms with E-state index in [1.807, 2.05) is 90.1 Å². The van der Waals surface area contributed by atoms with Gasteiger partial charge in [-0.1, -0.05) is 152 Å². The van der Waals surface area contributed by atoms with Crippen LogP contribution in [0.3, 0.4) is 0 Å². The van der Waals surface area contributed by atoms with Crippen molar-refractivity contribution in [3.63, 3.8) is 0 Å². The van der Waals surface area contributed by atoms with Gasteiger partial charge in [0.25, 0.3) is 0 Å². The van der Waals surface area contributed by atoms with Crippen LogP contribution in [0.5, 0.6) is 0 Å². The Hall–Kier alpha value is -2.34. The number of aryl methyl sites for hydroxylation is 2. The molecule has 0 fully saturated rings. The van der Waals surface area contributed by atoms with E-state index >= 15 is 0 Å². The maximum atomic E-state index is 2.16. The average molecular weight is 381 g/mol. The minimum absolute atomic E-state index is 1.14. The quantitative estimate of drug-likeness (QED) is 0.415. The molecule has 0 bridgehead atoms. The van der Waals surface area contributed by atoms with E-state index in [0.29, 0.717) is 0 Å². The molecule has 0 aliphatic carbocycles. The molecule has 0 heterocycles. The van der Waals surface area contributed by atoms with Crippen molar-refractivity contribution in [2.45, 2.75) is 68.2 Å². The van der Waals surface area contributed by atoms with E-state index in [-0.39, 0.29) is 0 Å². The third-order valence-corrected chi connectivity index (χ3v) is 3.17. The molecule has 0 nitrogen and oxygen atoms in total. The van der Waals surface area contributed by atoms with Crippen molar-refractivity contribution in [2.24, 2.45) is 0 Å². The SMILES string of the molecule is CC.CC.CC.CCc1ccccc1.CCc1ccccc1.c1ccccc1. The Bertz CT molecular complexity index is 490. The summed E-state index contributed by atoms with van der Waals surface area (Å²) >= 11 is 0. The monoisotopic (exact) mass is 380 g/mol. The van der Waals surface area contributed by atoms with Gasteiger partial charge in [-0.25, -0.2) is 0 Å². The van der Waals surface area contributed by atoms with Crippen molar-refractivity contribution >= 4 is 0 Å². The van der Waals surface area contributed by atoms with Crippen LogP contribution in [0.1, 0.15) is 66.5 Å². The van der Waals surface area contributed by atoms with Crippen LogP contribution in [-0.2, 0) is 12.8 Å². The third-order valence-electron chi connectivity index (χ3n) is 3.17. The highest BCUT2D eigenvalue weighted by molar-refractivity contribution is 5.14. The fraction of sp³-hybridized carbons (Fsp3) is 0.357. The van der Waals surface area contributed by atoms with E-state index in [1.54, 1.807) is 0 Å². The lowest BCUT2D eigenvalue weighted by Gasteiger charge is -1.89. The van der Waals surface area contributed by atoms with E-state index in [9.17, 15) is 0 Å². The van der Waals surface area contributed by atoms with E-state index in [0.717, 1.165) is 12.8 Å². The van der Waals surface area contributed by atoms with Crippen molar-refractivity contribution in [3.8, 4) is 0 Å². The summed E-state index contributed by atoms with van der Waals surface area (Å²) < 4.78 is 0. The fourth-order valence-corrected chi connectivity index (χ4v) is 1.81. The van der Waals surface area contributed by atoms with E-state index in [4.69, 9.17) is 0 Å². The third kappa shape index (κ3) is 21.7. The van der Waals surface area contributed by atoms with Gasteiger partial charge in [0.2, 0.25) is 0 Å². The van der Waals surface area contributed by atoms with E-state index in [2.05, 4.69) is 62.4 Å². The molecule has 0 aromatic heterocycles. The van der Waals surface area contributed by atoms with Gasteiger partial charge in [0.05, 0.1) is 0 Å². The van der Waals surface area contributed by atoms with Gasteiger partial charge in [0.15, 0.2) is 0 Å². The molecule has 0 saturated carbocycles. The Morgan fingerprint density at radius 3 is 0.679 bits per heavy atom. The minimum atomic E-state index is 1.14. The molecule has 3 rings (SSSR count). The topological polar surface area (TPSA) is 0 Å². The molecule has 0 unspecified atom stereocenters. The van der Waals surface area contributed by atoms with Gasteiger partial charge in [-0.2, -0.15) is 0 Å². The van der Waals surface area contributed by atoms with Gasteiger partial charge >= 0.3 is 0 Å². The number of benzene rings is 3. The predicted octanol–water partition coefficient (Wildman–Crippen LogP) is 9.26. The standard InChI is InChI=1S/2C8H10.C6H6.3C2H6/c2*1-2-8-6-4-3-5-7-8;1-2-4-6-5-3-1;3*1-2/h2*3-7H,2H2,1H3;1-6H;3*1-2H3. The van der Waals surface area contributed by atoms with Crippen LogP contribution < -0.4 is 0 Å². The molecule has 0 atom stereocenters. The van der Waals surface area contributed by atoms with Gasteiger partial charge in [-0.05, 0) is 24.0 Å². The normalized spacial score (nSPS) is 7.57. The average Bonchev–Trinajstić information content (AvgIpc) is 2.86. The van der Waals surface area contributed by atoms with Crippen molar-refractivity contribution in [1.29, 1.82) is 0 Å². The highest BCUT2D eigenvalue weighted by atomic mass is 13.9. The molecular weight excluding hydrogens is 336 g/mol. The second-order valence-corrected chi connectivity index (χ2v) is 4.83. The highest BCUT2D eigenvalue weighted by Gasteiger charge is 1.80. The van der Waals surface area contributed by atoms with Gasteiger partial charge in [-0.15, -0.1) is 0 Å². The molecule has 3 aromatic carbocycles. The van der Waals surface area contributed by atoms with E-state index < -0.39 is 0 Å². The van der Waals surface area contributed by atoms with Gasteiger partial charge in [0.1, 0.15) is 0 Å². The fourth-order valence-electron chi connectivity index (χ4n) is 1.81. The first-order valence-corrected chi connectivity index (χ1v) is 10.9. The summed E-state index contributed by atoms with van der Waals surface area (Å²) in [5, 5.41) is 0. The highest BCUT2D eigenvalue weighted by Crippen LogP contribution is 1.97. The second kappa shape index (κ2) is 29.4. The number of rotatable bonds is 2. The molecule has 0 N–H and O–H groups in total. The van der Waals surface area contributed by atoms with Crippen LogP contribution in [0.15, 0.2) is 97.1 Å². The maximum absolute atomic E-state index is 2.16. The van der Waals surface area contributed by atoms with Crippen LogP contribution in [-0.4, -0.2) is 0 Å². The molecule has 28 heavy (non-hydrogen) atoms. The Balaban J connectivity index is -0.000000297. The summed E-state index contributed by atoms with van der Waals surface area (Å²) in [7, 11) is 0. The van der Waals surface area contributed by atoms with Crippen molar-refractivity contribution in [2.75, 3.05) is 0 Å². The minimum Gasteiger partial charge on any atom is -0.0683 e. The summed E-state index contributed by atoms with van der Waals surface area (Å²) in [6.07, 6.45) is 2.28. The largest absolute Gasteiger partial charge is 0.0683 e. The van der Waals surface area contributed by atoms with Crippen molar-refractivity contribution in [3.05, 3.63) is 108 Å². The lowest BCUT2D eigenvalue weighted by atomic mass is 10.2. The van der Waals surface area contributed by atoms with Gasteiger partial charge in [0, 0.05) is 0 Å². The molecule has 0 amide bonds. The molecule has 0 aliphatic rings. The Labute approximate surface area is 176 Å². The number of hydrogen-bond donors (Lipinski definition) is 0. The van der Waals surface area contributed by atoms with Crippen LogP contribution in [0.25, 0.3) is 0 Å². The molecule has 0 spiro atoms. The Morgan fingerprint density at radius 1 is 0.357 bits per heavy atom. The first kappa shape index (κ1) is 30.4. The predicted molar refractivity (Wildman–Crippen MR) is 132 cm³/mol. The van der Waals surface area contributed by atoms with Crippen LogP contribution >= 0.6 is 0 Å². The maximum Gasteiger partial charge on any atom is -0.0307 e. The summed E-state index contributed by atoms with van der Waals surface area (Å²) in [5.41, 5.74) is 2.82. The first-order chi connectivity index (χ1) is 13.9. The molecule has 156 valence electrons. The molecular formula is C28H44. The zero-order chi connectivity index (χ0) is 21.9. The Morgan fingerprint density at radius 2 is 0.536 bits per heavy atom. The number of hydrogen-bond acceptors (Lipinski definition) is 0. The van der Waals surface area contributed by atoms with Gasteiger partial charge in [-0.3, -0.25) is 0 Å². The molecule has 0 radical (unpaired) electrons. The molecule has 0 heteroatoms.